The Morgan fingerprint density at radius 3 is 2.50 bits per heavy atom. The molecular weight excluding hydrogens is 126 g/mol. The molecule has 0 spiro atoms. The molecule has 2 nitrogen and oxygen atoms in total. The van der Waals surface area contributed by atoms with Gasteiger partial charge in [0.1, 0.15) is 0 Å². The summed E-state index contributed by atoms with van der Waals surface area (Å²) in [6, 6.07) is 0.704. The summed E-state index contributed by atoms with van der Waals surface area (Å²) in [6.07, 6.45) is 1.22. The number of ether oxygens (including phenoxy) is 1. The Kier molecular flexibility index (Phi) is 3.16. The lowest BCUT2D eigenvalue weighted by Crippen LogP contribution is -2.35. The predicted octanol–water partition coefficient (Wildman–Crippen LogP) is 1.12. The molecule has 1 rings (SSSR count). The second-order valence-corrected chi connectivity index (χ2v) is 2.74. The molecule has 1 heterocycles. The second kappa shape index (κ2) is 3.94. The van der Waals surface area contributed by atoms with E-state index in [0.717, 1.165) is 26.3 Å². The van der Waals surface area contributed by atoms with Gasteiger partial charge in [0.25, 0.3) is 0 Å². The first-order chi connectivity index (χ1) is 4.88. The third-order valence-electron chi connectivity index (χ3n) is 2.23. The highest BCUT2D eigenvalue weighted by Gasteiger charge is 2.19. The molecule has 1 aliphatic heterocycles. The van der Waals surface area contributed by atoms with Crippen LogP contribution < -0.4 is 0 Å². The number of nitrogens with zero attached hydrogens (tertiary/aromatic N) is 1. The lowest BCUT2D eigenvalue weighted by molar-refractivity contribution is 0.151. The van der Waals surface area contributed by atoms with Crippen LogP contribution in [-0.2, 0) is 4.74 Å². The first kappa shape index (κ1) is 8.02. The molecule has 0 aromatic carbocycles. The minimum absolute atomic E-state index is 0.704. The van der Waals surface area contributed by atoms with Crippen LogP contribution in [0.5, 0.6) is 0 Å². The summed E-state index contributed by atoms with van der Waals surface area (Å²) in [4.78, 5) is 2.47. The van der Waals surface area contributed by atoms with Crippen molar-refractivity contribution < 1.29 is 4.74 Å². The van der Waals surface area contributed by atoms with Gasteiger partial charge in [0, 0.05) is 12.6 Å². The molecule has 0 aliphatic carbocycles. The molecule has 1 fully saturated rings. The highest BCUT2D eigenvalue weighted by molar-refractivity contribution is 4.73. The van der Waals surface area contributed by atoms with Crippen LogP contribution in [0.4, 0.5) is 0 Å². The topological polar surface area (TPSA) is 12.5 Å². The zero-order chi connectivity index (χ0) is 7.40. The van der Waals surface area contributed by atoms with Gasteiger partial charge in [-0.15, -0.1) is 0 Å². The Bertz CT molecular complexity index is 85.3. The molecule has 60 valence electrons. The van der Waals surface area contributed by atoms with Crippen LogP contribution in [0.25, 0.3) is 0 Å². The fraction of sp³-hybridized carbons (Fsp3) is 1.00. The van der Waals surface area contributed by atoms with E-state index in [1.165, 1.54) is 6.42 Å². The Balaban J connectivity index is 2.29. The highest BCUT2D eigenvalue weighted by atomic mass is 16.5. The van der Waals surface area contributed by atoms with Crippen molar-refractivity contribution in [3.63, 3.8) is 0 Å². The van der Waals surface area contributed by atoms with Crippen LogP contribution in [0, 0.1) is 0 Å². The van der Waals surface area contributed by atoms with Crippen molar-refractivity contribution in [3.8, 4) is 0 Å². The molecule has 1 unspecified atom stereocenters. The second-order valence-electron chi connectivity index (χ2n) is 2.74. The van der Waals surface area contributed by atoms with Gasteiger partial charge in [-0.3, -0.25) is 4.90 Å². The van der Waals surface area contributed by atoms with Gasteiger partial charge in [-0.05, 0) is 19.5 Å². The van der Waals surface area contributed by atoms with Crippen molar-refractivity contribution in [1.82, 2.24) is 4.90 Å². The number of likely N-dealkylation sites (N-methyl/N-ethyl adjacent to an activating group) is 1. The van der Waals surface area contributed by atoms with Crippen molar-refractivity contribution in [2.75, 3.05) is 26.3 Å². The monoisotopic (exact) mass is 143 g/mol. The van der Waals surface area contributed by atoms with Crippen LogP contribution in [0.2, 0.25) is 0 Å². The zero-order valence-electron chi connectivity index (χ0n) is 6.97. The van der Waals surface area contributed by atoms with E-state index in [1.807, 2.05) is 0 Å². The van der Waals surface area contributed by atoms with E-state index >= 15 is 0 Å². The summed E-state index contributed by atoms with van der Waals surface area (Å²) in [5, 5.41) is 0. The van der Waals surface area contributed by atoms with Gasteiger partial charge in [0.2, 0.25) is 0 Å². The smallest absolute Gasteiger partial charge is 0.0622 e. The van der Waals surface area contributed by atoms with E-state index in [2.05, 4.69) is 18.7 Å². The summed E-state index contributed by atoms with van der Waals surface area (Å²) in [7, 11) is 0. The molecule has 1 atom stereocenters. The fourth-order valence-corrected chi connectivity index (χ4v) is 1.55. The van der Waals surface area contributed by atoms with Gasteiger partial charge in [0.15, 0.2) is 0 Å². The molecule has 0 aromatic heterocycles. The first-order valence-electron chi connectivity index (χ1n) is 4.20. The summed E-state index contributed by atoms with van der Waals surface area (Å²) >= 11 is 0. The molecule has 1 aliphatic rings. The fourth-order valence-electron chi connectivity index (χ4n) is 1.55. The quantitative estimate of drug-likeness (QED) is 0.587. The SMILES string of the molecule is CCN(CC)C1CCOC1. The maximum atomic E-state index is 5.30. The summed E-state index contributed by atoms with van der Waals surface area (Å²) < 4.78 is 5.30. The predicted molar refractivity (Wildman–Crippen MR) is 42.1 cm³/mol. The molecular formula is C8H17NO. The maximum absolute atomic E-state index is 5.30. The van der Waals surface area contributed by atoms with E-state index in [-0.39, 0.29) is 0 Å². The lowest BCUT2D eigenvalue weighted by atomic mass is 10.2. The van der Waals surface area contributed by atoms with Crippen molar-refractivity contribution in [2.24, 2.45) is 0 Å². The largest absolute Gasteiger partial charge is 0.380 e. The molecule has 1 saturated heterocycles. The van der Waals surface area contributed by atoms with Crippen LogP contribution in [0.3, 0.4) is 0 Å². The van der Waals surface area contributed by atoms with Crippen LogP contribution in [0.15, 0.2) is 0 Å². The van der Waals surface area contributed by atoms with Crippen molar-refractivity contribution >= 4 is 0 Å². The van der Waals surface area contributed by atoms with Gasteiger partial charge in [-0.1, -0.05) is 13.8 Å². The Morgan fingerprint density at radius 1 is 1.40 bits per heavy atom. The zero-order valence-corrected chi connectivity index (χ0v) is 6.97. The standard InChI is InChI=1S/C8H17NO/c1-3-9(4-2)8-5-6-10-7-8/h8H,3-7H2,1-2H3. The first-order valence-corrected chi connectivity index (χ1v) is 4.20. The molecule has 0 radical (unpaired) electrons. The molecule has 0 saturated carbocycles. The van der Waals surface area contributed by atoms with Crippen molar-refractivity contribution in [1.29, 1.82) is 0 Å². The van der Waals surface area contributed by atoms with Gasteiger partial charge in [0.05, 0.1) is 6.61 Å². The highest BCUT2D eigenvalue weighted by Crippen LogP contribution is 2.10. The third kappa shape index (κ3) is 1.70. The van der Waals surface area contributed by atoms with Gasteiger partial charge in [-0.2, -0.15) is 0 Å². The summed E-state index contributed by atoms with van der Waals surface area (Å²) in [5.41, 5.74) is 0. The summed E-state index contributed by atoms with van der Waals surface area (Å²) in [5.74, 6) is 0. The minimum atomic E-state index is 0.704. The molecule has 10 heavy (non-hydrogen) atoms. The van der Waals surface area contributed by atoms with Crippen molar-refractivity contribution in [3.05, 3.63) is 0 Å². The van der Waals surface area contributed by atoms with E-state index in [4.69, 9.17) is 4.74 Å². The van der Waals surface area contributed by atoms with Crippen molar-refractivity contribution in [2.45, 2.75) is 26.3 Å². The average molecular weight is 143 g/mol. The normalized spacial score (nSPS) is 26.1. The molecule has 0 aromatic rings. The molecule has 2 heteroatoms. The molecule has 0 amide bonds. The summed E-state index contributed by atoms with van der Waals surface area (Å²) in [6.45, 7) is 8.64. The van der Waals surface area contributed by atoms with Crippen LogP contribution in [0.1, 0.15) is 20.3 Å². The van der Waals surface area contributed by atoms with E-state index in [0.29, 0.717) is 6.04 Å². The Hall–Kier alpha value is -0.0800. The Labute approximate surface area is 63.2 Å². The maximum Gasteiger partial charge on any atom is 0.0622 e. The van der Waals surface area contributed by atoms with Crippen LogP contribution in [-0.4, -0.2) is 37.2 Å². The number of hydrogen-bond donors (Lipinski definition) is 0. The van der Waals surface area contributed by atoms with Crippen LogP contribution >= 0.6 is 0 Å². The van der Waals surface area contributed by atoms with Gasteiger partial charge < -0.3 is 4.74 Å². The minimum Gasteiger partial charge on any atom is -0.380 e. The van der Waals surface area contributed by atoms with E-state index in [1.54, 1.807) is 0 Å². The van der Waals surface area contributed by atoms with Gasteiger partial charge in [-0.25, -0.2) is 0 Å². The average Bonchev–Trinajstić information content (AvgIpc) is 2.43. The third-order valence-corrected chi connectivity index (χ3v) is 2.23. The van der Waals surface area contributed by atoms with E-state index in [9.17, 15) is 0 Å². The number of rotatable bonds is 3. The molecule has 0 N–H and O–H groups in total. The van der Waals surface area contributed by atoms with Gasteiger partial charge >= 0.3 is 0 Å². The Morgan fingerprint density at radius 2 is 2.10 bits per heavy atom. The lowest BCUT2D eigenvalue weighted by Gasteiger charge is -2.23. The molecule has 0 bridgehead atoms. The van der Waals surface area contributed by atoms with E-state index < -0.39 is 0 Å². The number of hydrogen-bond acceptors (Lipinski definition) is 2.